The fourth-order valence-electron chi connectivity index (χ4n) is 3.00. The summed E-state index contributed by atoms with van der Waals surface area (Å²) >= 11 is 7.26. The first kappa shape index (κ1) is 17.5. The maximum Gasteiger partial charge on any atom is 0.260 e. The van der Waals surface area contributed by atoms with Gasteiger partial charge in [-0.3, -0.25) is 14.5 Å². The van der Waals surface area contributed by atoms with E-state index in [1.807, 2.05) is 0 Å². The molecule has 0 unspecified atom stereocenters. The van der Waals surface area contributed by atoms with Crippen LogP contribution in [-0.2, 0) is 4.79 Å². The number of likely N-dealkylation sites (tertiary alicyclic amines) is 1. The van der Waals surface area contributed by atoms with Gasteiger partial charge in [-0.05, 0) is 60.4 Å². The number of benzene rings is 1. The number of tetrazole rings is 1. The van der Waals surface area contributed by atoms with Crippen LogP contribution in [0, 0.1) is 0 Å². The smallest absolute Gasteiger partial charge is 0.260 e. The average Bonchev–Trinajstić information content (AvgIpc) is 3.41. The summed E-state index contributed by atoms with van der Waals surface area (Å²) in [6, 6.07) is 6.97. The molecular weight excluding hydrogens is 374 g/mol. The topological polar surface area (TPSA) is 81.0 Å². The van der Waals surface area contributed by atoms with Gasteiger partial charge in [-0.2, -0.15) is 0 Å². The second-order valence-corrected chi connectivity index (χ2v) is 8.15. The third-order valence-electron chi connectivity index (χ3n) is 4.58. The first-order valence-electron chi connectivity index (χ1n) is 8.69. The Labute approximate surface area is 160 Å². The van der Waals surface area contributed by atoms with Crippen LogP contribution in [0.4, 0.5) is 0 Å². The molecule has 7 nitrogen and oxygen atoms in total. The highest BCUT2D eigenvalue weighted by Gasteiger charge is 2.35. The first-order valence-corrected chi connectivity index (χ1v) is 9.95. The lowest BCUT2D eigenvalue weighted by Crippen LogP contribution is -2.41. The minimum absolute atomic E-state index is 0.169. The number of thioether (sulfide) groups is 1. The number of halogens is 1. The Morgan fingerprint density at radius 3 is 2.65 bits per heavy atom. The van der Waals surface area contributed by atoms with E-state index in [0.29, 0.717) is 34.7 Å². The molecule has 0 radical (unpaired) electrons. The van der Waals surface area contributed by atoms with Crippen molar-refractivity contribution in [2.45, 2.75) is 48.6 Å². The van der Waals surface area contributed by atoms with Gasteiger partial charge in [-0.1, -0.05) is 29.8 Å². The van der Waals surface area contributed by atoms with Crippen LogP contribution in [0.1, 0.15) is 48.5 Å². The fraction of sp³-hybridized carbons (Fsp3) is 0.471. The predicted octanol–water partition coefficient (Wildman–Crippen LogP) is 2.97. The molecular formula is C17H18ClN5O2S. The number of carbonyl (C=O) groups is 2. The van der Waals surface area contributed by atoms with Crippen LogP contribution in [-0.4, -0.2) is 48.7 Å². The normalized spacial score (nSPS) is 20.9. The van der Waals surface area contributed by atoms with Crippen molar-refractivity contribution in [1.82, 2.24) is 25.1 Å². The van der Waals surface area contributed by atoms with Gasteiger partial charge in [0, 0.05) is 17.1 Å². The molecule has 4 rings (SSSR count). The maximum atomic E-state index is 13.0. The van der Waals surface area contributed by atoms with Crippen LogP contribution in [0.15, 0.2) is 29.4 Å². The number of hydrogen-bond donors (Lipinski definition) is 0. The van der Waals surface area contributed by atoms with Gasteiger partial charge in [0.25, 0.3) is 5.91 Å². The van der Waals surface area contributed by atoms with E-state index in [1.165, 1.54) is 16.7 Å². The number of hydrogen-bond acceptors (Lipinski definition) is 6. The maximum absolute atomic E-state index is 13.0. The Morgan fingerprint density at radius 2 is 1.92 bits per heavy atom. The molecule has 26 heavy (non-hydrogen) atoms. The Hall–Kier alpha value is -1.93. The molecule has 2 amide bonds. The molecule has 1 aliphatic heterocycles. The molecule has 1 aromatic carbocycles. The molecule has 1 atom stereocenters. The van der Waals surface area contributed by atoms with Crippen molar-refractivity contribution < 1.29 is 9.59 Å². The first-order chi connectivity index (χ1) is 12.6. The monoisotopic (exact) mass is 391 g/mol. The quantitative estimate of drug-likeness (QED) is 0.745. The zero-order chi connectivity index (χ0) is 18.1. The second kappa shape index (κ2) is 7.36. The SMILES string of the molecule is O=C(c1ccc(Cl)cc1)N1CCCC[C@@H](Sc2nnnn2C2CC2)C1=O. The number of amides is 2. The van der Waals surface area contributed by atoms with Crippen molar-refractivity contribution in [2.24, 2.45) is 0 Å². The lowest BCUT2D eigenvalue weighted by atomic mass is 10.2. The van der Waals surface area contributed by atoms with Gasteiger partial charge >= 0.3 is 0 Å². The van der Waals surface area contributed by atoms with E-state index in [4.69, 9.17) is 11.6 Å². The van der Waals surface area contributed by atoms with Crippen molar-refractivity contribution in [1.29, 1.82) is 0 Å². The number of aromatic nitrogens is 4. The number of carbonyl (C=O) groups excluding carboxylic acids is 2. The molecule has 1 saturated heterocycles. The molecule has 2 fully saturated rings. The Kier molecular flexibility index (Phi) is 4.95. The summed E-state index contributed by atoms with van der Waals surface area (Å²) in [7, 11) is 0. The zero-order valence-corrected chi connectivity index (χ0v) is 15.6. The molecule has 2 heterocycles. The number of imide groups is 1. The van der Waals surface area contributed by atoms with Gasteiger partial charge in [0.1, 0.15) is 0 Å². The highest BCUT2D eigenvalue weighted by molar-refractivity contribution is 8.00. The molecule has 1 aromatic heterocycles. The summed E-state index contributed by atoms with van der Waals surface area (Å²) in [6.45, 7) is 0.435. The highest BCUT2D eigenvalue weighted by Crippen LogP contribution is 2.38. The summed E-state index contributed by atoms with van der Waals surface area (Å²) in [5, 5.41) is 12.7. The average molecular weight is 392 g/mol. The Bertz CT molecular complexity index is 821. The minimum Gasteiger partial charge on any atom is -0.278 e. The summed E-state index contributed by atoms with van der Waals surface area (Å²) in [4.78, 5) is 27.2. The highest BCUT2D eigenvalue weighted by atomic mass is 35.5. The van der Waals surface area contributed by atoms with Gasteiger partial charge in [0.05, 0.1) is 11.3 Å². The van der Waals surface area contributed by atoms with Crippen LogP contribution in [0.3, 0.4) is 0 Å². The Balaban J connectivity index is 1.53. The van der Waals surface area contributed by atoms with Gasteiger partial charge in [0.15, 0.2) is 0 Å². The molecule has 136 valence electrons. The zero-order valence-electron chi connectivity index (χ0n) is 14.0. The third-order valence-corrected chi connectivity index (χ3v) is 6.03. The van der Waals surface area contributed by atoms with E-state index >= 15 is 0 Å². The van der Waals surface area contributed by atoms with Crippen molar-refractivity contribution in [3.8, 4) is 0 Å². The lowest BCUT2D eigenvalue weighted by molar-refractivity contribution is -0.127. The van der Waals surface area contributed by atoms with Crippen LogP contribution in [0.25, 0.3) is 0 Å². The van der Waals surface area contributed by atoms with Crippen LogP contribution < -0.4 is 0 Å². The van der Waals surface area contributed by atoms with Gasteiger partial charge < -0.3 is 0 Å². The lowest BCUT2D eigenvalue weighted by Gasteiger charge is -2.22. The molecule has 2 aromatic rings. The third kappa shape index (κ3) is 3.61. The molecule has 0 bridgehead atoms. The standard InChI is InChI=1S/C17H18ClN5O2S/c18-12-6-4-11(5-7-12)15(24)22-10-2-1-3-14(16(22)25)26-17-19-20-21-23(17)13-8-9-13/h4-7,13-14H,1-3,8-10H2/t14-/m1/s1. The molecule has 1 aliphatic carbocycles. The molecule has 0 spiro atoms. The summed E-state index contributed by atoms with van der Waals surface area (Å²) < 4.78 is 1.80. The van der Waals surface area contributed by atoms with E-state index in [-0.39, 0.29) is 17.1 Å². The summed E-state index contributed by atoms with van der Waals surface area (Å²) in [5.74, 6) is -0.446. The van der Waals surface area contributed by atoms with E-state index in [1.54, 1.807) is 28.9 Å². The molecule has 0 N–H and O–H groups in total. The minimum atomic E-state index is -0.350. The molecule has 2 aliphatic rings. The van der Waals surface area contributed by atoms with Crippen LogP contribution in [0.5, 0.6) is 0 Å². The number of rotatable bonds is 4. The van der Waals surface area contributed by atoms with Gasteiger partial charge in [0.2, 0.25) is 11.1 Å². The van der Waals surface area contributed by atoms with Crippen molar-refractivity contribution in [3.05, 3.63) is 34.9 Å². The van der Waals surface area contributed by atoms with E-state index < -0.39 is 0 Å². The fourth-order valence-corrected chi connectivity index (χ4v) is 4.28. The van der Waals surface area contributed by atoms with Crippen molar-refractivity contribution in [2.75, 3.05) is 6.54 Å². The van der Waals surface area contributed by atoms with Gasteiger partial charge in [-0.15, -0.1) is 5.10 Å². The molecule has 9 heteroatoms. The molecule has 1 saturated carbocycles. The largest absolute Gasteiger partial charge is 0.278 e. The summed E-state index contributed by atoms with van der Waals surface area (Å²) in [5.41, 5.74) is 0.469. The second-order valence-electron chi connectivity index (χ2n) is 6.54. The van der Waals surface area contributed by atoms with E-state index in [2.05, 4.69) is 15.5 Å². The van der Waals surface area contributed by atoms with E-state index in [9.17, 15) is 9.59 Å². The van der Waals surface area contributed by atoms with Gasteiger partial charge in [-0.25, -0.2) is 4.68 Å². The van der Waals surface area contributed by atoms with Crippen LogP contribution in [0.2, 0.25) is 5.02 Å². The van der Waals surface area contributed by atoms with Crippen molar-refractivity contribution in [3.63, 3.8) is 0 Å². The summed E-state index contributed by atoms with van der Waals surface area (Å²) in [6.07, 6.45) is 4.54. The predicted molar refractivity (Wildman–Crippen MR) is 97.1 cm³/mol. The van der Waals surface area contributed by atoms with Crippen molar-refractivity contribution >= 4 is 35.2 Å². The van der Waals surface area contributed by atoms with Crippen LogP contribution >= 0.6 is 23.4 Å². The van der Waals surface area contributed by atoms with E-state index in [0.717, 1.165) is 25.7 Å². The Morgan fingerprint density at radius 1 is 1.15 bits per heavy atom. The number of nitrogens with zero attached hydrogens (tertiary/aromatic N) is 5.